The van der Waals surface area contributed by atoms with Crippen LogP contribution in [0.4, 0.5) is 11.4 Å². The third-order valence-electron chi connectivity index (χ3n) is 14.9. The molecular formula is C58H47BN2S. The highest BCUT2D eigenvalue weighted by Gasteiger charge is 2.39. The number of aromatic nitrogens is 1. The average molecular weight is 815 g/mol. The van der Waals surface area contributed by atoms with Crippen molar-refractivity contribution in [2.75, 3.05) is 5.32 Å². The Hall–Kier alpha value is -6.36. The molecule has 0 spiro atoms. The first kappa shape index (κ1) is 36.3. The minimum atomic E-state index is 0.0766. The number of aryl methyl sites for hydroxylation is 1. The molecular weight excluding hydrogens is 768 g/mol. The van der Waals surface area contributed by atoms with Crippen LogP contribution >= 0.6 is 11.3 Å². The van der Waals surface area contributed by atoms with Gasteiger partial charge in [-0.15, -0.1) is 11.3 Å². The van der Waals surface area contributed by atoms with Crippen LogP contribution in [0.2, 0.25) is 0 Å². The molecule has 0 saturated carbocycles. The van der Waals surface area contributed by atoms with E-state index in [0.29, 0.717) is 0 Å². The first-order valence-electron chi connectivity index (χ1n) is 22.4. The van der Waals surface area contributed by atoms with Gasteiger partial charge in [-0.25, -0.2) is 0 Å². The number of thiophene rings is 1. The summed E-state index contributed by atoms with van der Waals surface area (Å²) in [5.74, 6) is 0. The van der Waals surface area contributed by atoms with Gasteiger partial charge in [-0.05, 0) is 147 Å². The summed E-state index contributed by atoms with van der Waals surface area (Å²) in [6, 6.07) is 55.9. The Kier molecular flexibility index (Phi) is 7.52. The highest BCUT2D eigenvalue weighted by atomic mass is 32.1. The molecule has 1 aliphatic heterocycles. The fourth-order valence-electron chi connectivity index (χ4n) is 11.5. The number of fused-ring (bicyclic) bond motifs is 12. The fraction of sp³-hybridized carbons (Fsp3) is 0.172. The monoisotopic (exact) mass is 814 g/mol. The minimum Gasteiger partial charge on any atom is -0.355 e. The maximum Gasteiger partial charge on any atom is 0.198 e. The summed E-state index contributed by atoms with van der Waals surface area (Å²) in [4.78, 5) is 0. The van der Waals surface area contributed by atoms with Gasteiger partial charge in [0, 0.05) is 59.1 Å². The van der Waals surface area contributed by atoms with Gasteiger partial charge in [0.05, 0.1) is 5.52 Å². The van der Waals surface area contributed by atoms with Crippen LogP contribution in [0, 0.1) is 6.92 Å². The number of hydrogen-bond donors (Lipinski definition) is 1. The van der Waals surface area contributed by atoms with Crippen molar-refractivity contribution in [1.82, 2.24) is 4.57 Å². The standard InChI is InChI=1S/C58H47BN2S/c1-33-18-21-37(22-19-33)60-49-16-10-8-14-40(49)44-28-42(35-20-23-39-36(27-35)26-34-12-6-7-13-38(34)39)54-45-29-46-47(58(4,5)25-24-57(46,2)3)31-50(45)61-51-30-43-41-15-9-11-17-52(41)62-53(43)32-48(51)59-55(44)56(54)61/h6-23,27-32,59-60H,24-26H2,1-5H3. The van der Waals surface area contributed by atoms with Crippen molar-refractivity contribution in [3.05, 3.63) is 173 Å². The van der Waals surface area contributed by atoms with Gasteiger partial charge in [0.1, 0.15) is 0 Å². The summed E-state index contributed by atoms with van der Waals surface area (Å²) >= 11 is 1.92. The van der Waals surface area contributed by atoms with E-state index >= 15 is 0 Å². The predicted molar refractivity (Wildman–Crippen MR) is 269 cm³/mol. The van der Waals surface area contributed by atoms with E-state index in [1.807, 2.05) is 11.3 Å². The quantitative estimate of drug-likeness (QED) is 0.175. The van der Waals surface area contributed by atoms with Crippen molar-refractivity contribution in [1.29, 1.82) is 0 Å². The van der Waals surface area contributed by atoms with Crippen molar-refractivity contribution in [2.45, 2.75) is 64.7 Å². The highest BCUT2D eigenvalue weighted by Crippen LogP contribution is 2.51. The summed E-state index contributed by atoms with van der Waals surface area (Å²) in [6.07, 6.45) is 3.33. The first-order chi connectivity index (χ1) is 30.1. The van der Waals surface area contributed by atoms with Crippen LogP contribution in [-0.4, -0.2) is 11.8 Å². The second-order valence-electron chi connectivity index (χ2n) is 19.7. The van der Waals surface area contributed by atoms with Gasteiger partial charge in [-0.3, -0.25) is 0 Å². The van der Waals surface area contributed by atoms with Crippen LogP contribution in [0.15, 0.2) is 146 Å². The molecule has 1 N–H and O–H groups in total. The second kappa shape index (κ2) is 12.8. The van der Waals surface area contributed by atoms with E-state index in [2.05, 4.69) is 190 Å². The predicted octanol–water partition coefficient (Wildman–Crippen LogP) is 14.2. The Balaban J connectivity index is 1.17. The van der Waals surface area contributed by atoms with Crippen molar-refractivity contribution >= 4 is 82.9 Å². The van der Waals surface area contributed by atoms with E-state index in [9.17, 15) is 0 Å². The lowest BCUT2D eigenvalue weighted by Gasteiger charge is -2.42. The maximum absolute atomic E-state index is 3.87. The van der Waals surface area contributed by atoms with Gasteiger partial charge < -0.3 is 9.88 Å². The van der Waals surface area contributed by atoms with Crippen LogP contribution in [0.5, 0.6) is 0 Å². The Morgan fingerprint density at radius 2 is 1.31 bits per heavy atom. The Morgan fingerprint density at radius 3 is 2.15 bits per heavy atom. The van der Waals surface area contributed by atoms with Crippen molar-refractivity contribution in [3.8, 4) is 39.1 Å². The SMILES string of the molecule is Cc1ccc(Nc2ccccc2-c2cc(-c3ccc4c(c3)Cc3ccccc3-4)c3c4cc5c(cc4n4c3c2Bc2cc3sc6ccccc6c3cc2-4)C(C)(C)CCC5(C)C)cc1. The van der Waals surface area contributed by atoms with Crippen LogP contribution in [0.1, 0.15) is 68.4 Å². The van der Waals surface area contributed by atoms with Gasteiger partial charge in [-0.2, -0.15) is 0 Å². The van der Waals surface area contributed by atoms with Crippen molar-refractivity contribution in [3.63, 3.8) is 0 Å². The number of hydrogen-bond acceptors (Lipinski definition) is 2. The molecule has 3 heterocycles. The number of para-hydroxylation sites is 1. The minimum absolute atomic E-state index is 0.0766. The molecule has 10 aromatic rings. The van der Waals surface area contributed by atoms with Gasteiger partial charge in [0.25, 0.3) is 0 Å². The second-order valence-corrected chi connectivity index (χ2v) is 20.8. The molecule has 0 bridgehead atoms. The molecule has 2 aliphatic carbocycles. The van der Waals surface area contributed by atoms with E-state index in [1.165, 1.54) is 133 Å². The molecule has 0 amide bonds. The lowest BCUT2D eigenvalue weighted by molar-refractivity contribution is 0.332. The lowest BCUT2D eigenvalue weighted by atomic mass is 9.58. The lowest BCUT2D eigenvalue weighted by Crippen LogP contribution is -2.37. The third-order valence-corrected chi connectivity index (χ3v) is 16.1. The summed E-state index contributed by atoms with van der Waals surface area (Å²) in [7, 11) is 0.858. The normalized spacial score (nSPS) is 15.4. The Morgan fingerprint density at radius 1 is 0.581 bits per heavy atom. The van der Waals surface area contributed by atoms with E-state index < -0.39 is 0 Å². The number of rotatable bonds is 4. The van der Waals surface area contributed by atoms with Gasteiger partial charge in [0.2, 0.25) is 0 Å². The zero-order valence-corrected chi connectivity index (χ0v) is 36.9. The molecule has 0 saturated heterocycles. The largest absolute Gasteiger partial charge is 0.355 e. The number of nitrogens with one attached hydrogen (secondary N) is 1. The van der Waals surface area contributed by atoms with Crippen LogP contribution in [-0.2, 0) is 17.3 Å². The molecule has 0 atom stereocenters. The van der Waals surface area contributed by atoms with Gasteiger partial charge in [0.15, 0.2) is 7.28 Å². The summed E-state index contributed by atoms with van der Waals surface area (Å²) < 4.78 is 5.41. The van der Waals surface area contributed by atoms with E-state index in [0.717, 1.165) is 25.1 Å². The maximum atomic E-state index is 3.87. The zero-order valence-electron chi connectivity index (χ0n) is 36.0. The van der Waals surface area contributed by atoms with Crippen LogP contribution < -0.4 is 16.2 Å². The molecule has 0 unspecified atom stereocenters. The van der Waals surface area contributed by atoms with E-state index in [1.54, 1.807) is 0 Å². The van der Waals surface area contributed by atoms with Crippen LogP contribution in [0.25, 0.3) is 81.0 Å². The van der Waals surface area contributed by atoms with E-state index in [4.69, 9.17) is 0 Å². The molecule has 3 aliphatic rings. The van der Waals surface area contributed by atoms with E-state index in [-0.39, 0.29) is 10.8 Å². The molecule has 298 valence electrons. The Bertz CT molecular complexity index is 3560. The highest BCUT2D eigenvalue weighted by molar-refractivity contribution is 7.26. The third kappa shape index (κ3) is 5.23. The van der Waals surface area contributed by atoms with Crippen molar-refractivity contribution < 1.29 is 0 Å². The molecule has 2 aromatic heterocycles. The Labute approximate surface area is 368 Å². The molecule has 0 fully saturated rings. The molecule has 4 heteroatoms. The van der Waals surface area contributed by atoms with Crippen LogP contribution in [0.3, 0.4) is 0 Å². The number of benzene rings is 8. The molecule has 13 rings (SSSR count). The fourth-order valence-corrected chi connectivity index (χ4v) is 12.7. The number of anilines is 2. The summed E-state index contributed by atoms with van der Waals surface area (Å²) in [5, 5.41) is 9.31. The molecule has 2 nitrogen and oxygen atoms in total. The molecule has 8 aromatic carbocycles. The van der Waals surface area contributed by atoms with Gasteiger partial charge >= 0.3 is 0 Å². The first-order valence-corrected chi connectivity index (χ1v) is 23.2. The van der Waals surface area contributed by atoms with Crippen molar-refractivity contribution in [2.24, 2.45) is 0 Å². The smallest absolute Gasteiger partial charge is 0.198 e. The molecule has 62 heavy (non-hydrogen) atoms. The summed E-state index contributed by atoms with van der Waals surface area (Å²) in [6.45, 7) is 12.0. The molecule has 0 radical (unpaired) electrons. The van der Waals surface area contributed by atoms with Gasteiger partial charge in [-0.1, -0.05) is 130 Å². The topological polar surface area (TPSA) is 17.0 Å². The average Bonchev–Trinajstić information content (AvgIpc) is 3.95. The zero-order chi connectivity index (χ0) is 41.6. The number of nitrogens with zero attached hydrogens (tertiary/aromatic N) is 1. The summed E-state index contributed by atoms with van der Waals surface area (Å²) in [5.41, 5.74) is 24.1.